The van der Waals surface area contributed by atoms with Crippen molar-refractivity contribution < 1.29 is 14.3 Å². The van der Waals surface area contributed by atoms with Crippen LogP contribution in [0, 0.1) is 0 Å². The molecule has 0 heterocycles. The Bertz CT molecular complexity index is 563. The molecule has 0 amide bonds. The Kier molecular flexibility index (Phi) is 4.77. The maximum Gasteiger partial charge on any atom is 0.317 e. The molecule has 2 aromatic rings. The Morgan fingerprint density at radius 2 is 1.75 bits per heavy atom. The van der Waals surface area contributed by atoms with Crippen molar-refractivity contribution in [3.05, 3.63) is 65.7 Å². The third-order valence-electron chi connectivity index (χ3n) is 3.08. The zero-order valence-electron chi connectivity index (χ0n) is 11.7. The van der Waals surface area contributed by atoms with Crippen LogP contribution in [0.25, 0.3) is 0 Å². The van der Waals surface area contributed by atoms with Gasteiger partial charge in [-0.05, 0) is 30.2 Å². The Morgan fingerprint density at radius 3 is 2.40 bits per heavy atom. The first-order valence-corrected chi connectivity index (χ1v) is 6.61. The van der Waals surface area contributed by atoms with Gasteiger partial charge in [0.1, 0.15) is 11.7 Å². The van der Waals surface area contributed by atoms with Crippen molar-refractivity contribution in [2.24, 2.45) is 0 Å². The summed E-state index contributed by atoms with van der Waals surface area (Å²) in [5.74, 6) is 0.0610. The highest BCUT2D eigenvalue weighted by molar-refractivity contribution is 5.82. The van der Waals surface area contributed by atoms with E-state index in [-0.39, 0.29) is 5.97 Å². The van der Waals surface area contributed by atoms with Gasteiger partial charge in [0.15, 0.2) is 0 Å². The van der Waals surface area contributed by atoms with Crippen LogP contribution in [0.5, 0.6) is 5.75 Å². The molecular formula is C17H18O3. The van der Waals surface area contributed by atoms with Gasteiger partial charge in [0.2, 0.25) is 0 Å². The molecular weight excluding hydrogens is 252 g/mol. The third-order valence-corrected chi connectivity index (χ3v) is 3.08. The summed E-state index contributed by atoms with van der Waals surface area (Å²) in [4.78, 5) is 12.3. The molecule has 1 atom stereocenters. The van der Waals surface area contributed by atoms with E-state index < -0.39 is 5.92 Å². The van der Waals surface area contributed by atoms with E-state index >= 15 is 0 Å². The summed E-state index contributed by atoms with van der Waals surface area (Å²) < 4.78 is 10.4. The van der Waals surface area contributed by atoms with Gasteiger partial charge >= 0.3 is 5.97 Å². The number of hydrogen-bond donors (Lipinski definition) is 0. The maximum absolute atomic E-state index is 12.3. The van der Waals surface area contributed by atoms with E-state index in [1.807, 2.05) is 61.5 Å². The summed E-state index contributed by atoms with van der Waals surface area (Å²) in [6.45, 7) is 2.18. The van der Waals surface area contributed by atoms with Gasteiger partial charge in [-0.15, -0.1) is 0 Å². The smallest absolute Gasteiger partial charge is 0.317 e. The Balaban J connectivity index is 2.43. The fourth-order valence-electron chi connectivity index (χ4n) is 2.16. The number of benzene rings is 2. The summed E-state index contributed by atoms with van der Waals surface area (Å²) in [6, 6.07) is 17.1. The number of methoxy groups -OCH3 is 1. The largest absolute Gasteiger partial charge is 0.497 e. The number of carbonyl (C=O) groups excluding carboxylic acids is 1. The van der Waals surface area contributed by atoms with E-state index in [0.29, 0.717) is 6.61 Å². The van der Waals surface area contributed by atoms with Gasteiger partial charge in [-0.3, -0.25) is 4.79 Å². The summed E-state index contributed by atoms with van der Waals surface area (Å²) in [6.07, 6.45) is 0. The van der Waals surface area contributed by atoms with Gasteiger partial charge in [0.25, 0.3) is 0 Å². The van der Waals surface area contributed by atoms with E-state index in [1.54, 1.807) is 7.11 Å². The maximum atomic E-state index is 12.3. The molecule has 0 N–H and O–H groups in total. The summed E-state index contributed by atoms with van der Waals surface area (Å²) in [7, 11) is 1.61. The Morgan fingerprint density at radius 1 is 1.05 bits per heavy atom. The molecule has 0 aliphatic carbocycles. The fourth-order valence-corrected chi connectivity index (χ4v) is 2.16. The van der Waals surface area contributed by atoms with Crippen LogP contribution in [0.1, 0.15) is 24.0 Å². The van der Waals surface area contributed by atoms with Gasteiger partial charge in [0, 0.05) is 0 Å². The molecule has 0 spiro atoms. The zero-order chi connectivity index (χ0) is 14.4. The lowest BCUT2D eigenvalue weighted by atomic mass is 9.91. The normalized spacial score (nSPS) is 11.7. The van der Waals surface area contributed by atoms with Crippen LogP contribution in [-0.2, 0) is 9.53 Å². The molecule has 0 bridgehead atoms. The van der Waals surface area contributed by atoms with Crippen molar-refractivity contribution in [2.75, 3.05) is 13.7 Å². The predicted molar refractivity (Wildman–Crippen MR) is 77.9 cm³/mol. The van der Waals surface area contributed by atoms with Crippen LogP contribution in [0.3, 0.4) is 0 Å². The minimum absolute atomic E-state index is 0.244. The fraction of sp³-hybridized carbons (Fsp3) is 0.235. The number of ether oxygens (including phenoxy) is 2. The molecule has 104 valence electrons. The summed E-state index contributed by atoms with van der Waals surface area (Å²) in [5, 5.41) is 0. The topological polar surface area (TPSA) is 35.5 Å². The molecule has 0 saturated carbocycles. The van der Waals surface area contributed by atoms with Crippen molar-refractivity contribution in [2.45, 2.75) is 12.8 Å². The number of rotatable bonds is 5. The molecule has 0 aromatic heterocycles. The molecule has 2 aromatic carbocycles. The van der Waals surface area contributed by atoms with Crippen molar-refractivity contribution in [1.82, 2.24) is 0 Å². The summed E-state index contributed by atoms with van der Waals surface area (Å²) >= 11 is 0. The molecule has 0 radical (unpaired) electrons. The van der Waals surface area contributed by atoms with Crippen molar-refractivity contribution in [3.8, 4) is 5.75 Å². The van der Waals surface area contributed by atoms with E-state index in [2.05, 4.69) is 0 Å². The second-order valence-electron chi connectivity index (χ2n) is 4.37. The zero-order valence-corrected chi connectivity index (χ0v) is 11.7. The minimum atomic E-state index is -0.425. The van der Waals surface area contributed by atoms with Gasteiger partial charge in [-0.1, -0.05) is 42.5 Å². The Hall–Kier alpha value is -2.29. The molecule has 20 heavy (non-hydrogen) atoms. The lowest BCUT2D eigenvalue weighted by molar-refractivity contribution is -0.143. The molecule has 0 saturated heterocycles. The average Bonchev–Trinajstić information content (AvgIpc) is 2.49. The van der Waals surface area contributed by atoms with Gasteiger partial charge in [-0.2, -0.15) is 0 Å². The Labute approximate surface area is 119 Å². The third kappa shape index (κ3) is 3.18. The highest BCUT2D eigenvalue weighted by Crippen LogP contribution is 2.28. The number of hydrogen-bond acceptors (Lipinski definition) is 3. The van der Waals surface area contributed by atoms with E-state index in [1.165, 1.54) is 0 Å². The molecule has 3 heteroatoms. The molecule has 0 fully saturated rings. The highest BCUT2D eigenvalue weighted by atomic mass is 16.5. The van der Waals surface area contributed by atoms with Crippen LogP contribution < -0.4 is 4.74 Å². The van der Waals surface area contributed by atoms with Crippen molar-refractivity contribution >= 4 is 5.97 Å². The highest BCUT2D eigenvalue weighted by Gasteiger charge is 2.24. The first-order valence-electron chi connectivity index (χ1n) is 6.61. The van der Waals surface area contributed by atoms with Crippen LogP contribution in [-0.4, -0.2) is 19.7 Å². The van der Waals surface area contributed by atoms with Crippen LogP contribution in [0.15, 0.2) is 54.6 Å². The predicted octanol–water partition coefficient (Wildman–Crippen LogP) is 3.39. The van der Waals surface area contributed by atoms with Crippen molar-refractivity contribution in [1.29, 1.82) is 0 Å². The second-order valence-corrected chi connectivity index (χ2v) is 4.37. The molecule has 0 aliphatic rings. The van der Waals surface area contributed by atoms with Crippen LogP contribution in [0.4, 0.5) is 0 Å². The van der Waals surface area contributed by atoms with E-state index in [4.69, 9.17) is 9.47 Å². The lowest BCUT2D eigenvalue weighted by Crippen LogP contribution is -2.17. The molecule has 1 unspecified atom stereocenters. The van der Waals surface area contributed by atoms with Crippen LogP contribution >= 0.6 is 0 Å². The first-order chi connectivity index (χ1) is 9.76. The first kappa shape index (κ1) is 14.1. The second kappa shape index (κ2) is 6.75. The van der Waals surface area contributed by atoms with E-state index in [9.17, 15) is 4.79 Å². The average molecular weight is 270 g/mol. The summed E-state index contributed by atoms with van der Waals surface area (Å²) in [5.41, 5.74) is 1.79. The van der Waals surface area contributed by atoms with Gasteiger partial charge in [0.05, 0.1) is 13.7 Å². The van der Waals surface area contributed by atoms with Crippen molar-refractivity contribution in [3.63, 3.8) is 0 Å². The van der Waals surface area contributed by atoms with Gasteiger partial charge in [-0.25, -0.2) is 0 Å². The van der Waals surface area contributed by atoms with E-state index in [0.717, 1.165) is 16.9 Å². The standard InChI is InChI=1S/C17H18O3/c1-3-20-17(18)16(13-8-5-4-6-9-13)14-10-7-11-15(12-14)19-2/h4-12,16H,3H2,1-2H3. The minimum Gasteiger partial charge on any atom is -0.497 e. The molecule has 0 aliphatic heterocycles. The quantitative estimate of drug-likeness (QED) is 0.781. The number of esters is 1. The number of carbonyl (C=O) groups is 1. The van der Waals surface area contributed by atoms with Crippen LogP contribution in [0.2, 0.25) is 0 Å². The SMILES string of the molecule is CCOC(=O)C(c1ccccc1)c1cccc(OC)c1. The monoisotopic (exact) mass is 270 g/mol. The van der Waals surface area contributed by atoms with Gasteiger partial charge < -0.3 is 9.47 Å². The molecule has 2 rings (SSSR count). The lowest BCUT2D eigenvalue weighted by Gasteiger charge is -2.17. The molecule has 3 nitrogen and oxygen atoms in total.